The minimum Gasteiger partial charge on any atom is -0.399 e. The number of H-pyrrole nitrogens is 1. The first kappa shape index (κ1) is 12.1. The Hall–Kier alpha value is -1.36. The molecule has 0 bridgehead atoms. The van der Waals surface area contributed by atoms with Gasteiger partial charge in [-0.2, -0.15) is 0 Å². The molecule has 0 aliphatic rings. The first-order valence-corrected chi connectivity index (χ1v) is 7.12. The maximum Gasteiger partial charge on any atom is 0.119 e. The van der Waals surface area contributed by atoms with Crippen molar-refractivity contribution >= 4 is 27.5 Å². The van der Waals surface area contributed by atoms with Crippen molar-refractivity contribution in [2.45, 2.75) is 19.6 Å². The van der Waals surface area contributed by atoms with E-state index in [-0.39, 0.29) is 0 Å². The fourth-order valence-electron chi connectivity index (χ4n) is 1.73. The summed E-state index contributed by atoms with van der Waals surface area (Å²) in [6.07, 6.45) is 0. The van der Waals surface area contributed by atoms with E-state index in [1.54, 1.807) is 0 Å². The van der Waals surface area contributed by atoms with Crippen molar-refractivity contribution in [2.75, 3.05) is 11.5 Å². The summed E-state index contributed by atoms with van der Waals surface area (Å²) in [6, 6.07) is 5.53. The van der Waals surface area contributed by atoms with Crippen molar-refractivity contribution in [3.63, 3.8) is 0 Å². The van der Waals surface area contributed by atoms with E-state index >= 15 is 0 Å². The van der Waals surface area contributed by atoms with E-state index < -0.39 is 10.8 Å². The molecular weight excluding hydrogens is 234 g/mol. The second kappa shape index (κ2) is 4.87. The third-order valence-corrected chi connectivity index (χ3v) is 4.01. The molecule has 2 aromatic rings. The molecule has 1 unspecified atom stereocenters. The number of aromatic amines is 1. The molecule has 0 aliphatic carbocycles. The largest absolute Gasteiger partial charge is 0.399 e. The van der Waals surface area contributed by atoms with Crippen LogP contribution in [0.25, 0.3) is 11.0 Å². The Morgan fingerprint density at radius 2 is 2.24 bits per heavy atom. The minimum absolute atomic E-state index is 0.441. The highest BCUT2D eigenvalue weighted by Gasteiger charge is 2.08. The number of benzene rings is 1. The van der Waals surface area contributed by atoms with E-state index in [4.69, 9.17) is 5.73 Å². The minimum atomic E-state index is -0.858. The Balaban J connectivity index is 2.17. The summed E-state index contributed by atoms with van der Waals surface area (Å²) in [7, 11) is -0.858. The fraction of sp³-hybridized carbons (Fsp3) is 0.417. The Kier molecular flexibility index (Phi) is 3.47. The van der Waals surface area contributed by atoms with Crippen LogP contribution in [0.2, 0.25) is 0 Å². The highest BCUT2D eigenvalue weighted by molar-refractivity contribution is 7.84. The molecule has 17 heavy (non-hydrogen) atoms. The number of nitrogen functional groups attached to an aromatic ring is 1. The normalized spacial score (nSPS) is 13.4. The third kappa shape index (κ3) is 3.06. The van der Waals surface area contributed by atoms with Crippen LogP contribution in [0.15, 0.2) is 18.2 Å². The predicted octanol–water partition coefficient (Wildman–Crippen LogP) is 2.05. The number of hydrogen-bond donors (Lipinski definition) is 2. The van der Waals surface area contributed by atoms with Gasteiger partial charge in [-0.15, -0.1) is 0 Å². The smallest absolute Gasteiger partial charge is 0.119 e. The van der Waals surface area contributed by atoms with Crippen molar-refractivity contribution in [1.29, 1.82) is 0 Å². The zero-order valence-corrected chi connectivity index (χ0v) is 10.9. The molecule has 3 N–H and O–H groups in total. The van der Waals surface area contributed by atoms with Crippen LogP contribution in [-0.2, 0) is 16.6 Å². The second-order valence-corrected chi connectivity index (χ2v) is 6.11. The van der Waals surface area contributed by atoms with Crippen LogP contribution in [-0.4, -0.2) is 19.9 Å². The van der Waals surface area contributed by atoms with E-state index in [1.807, 2.05) is 18.2 Å². The van der Waals surface area contributed by atoms with Gasteiger partial charge in [-0.25, -0.2) is 4.98 Å². The summed E-state index contributed by atoms with van der Waals surface area (Å²) in [5.41, 5.74) is 8.17. The van der Waals surface area contributed by atoms with Crippen LogP contribution in [0.1, 0.15) is 19.7 Å². The van der Waals surface area contributed by atoms with Crippen molar-refractivity contribution in [3.05, 3.63) is 24.0 Å². The van der Waals surface area contributed by atoms with Gasteiger partial charge in [-0.3, -0.25) is 4.21 Å². The first-order valence-electron chi connectivity index (χ1n) is 5.63. The Morgan fingerprint density at radius 3 is 2.94 bits per heavy atom. The lowest BCUT2D eigenvalue weighted by Gasteiger charge is -2.02. The number of anilines is 1. The summed E-state index contributed by atoms with van der Waals surface area (Å²) in [5.74, 6) is 2.40. The fourth-order valence-corrected chi connectivity index (χ4v) is 3.03. The maximum atomic E-state index is 11.8. The third-order valence-electron chi connectivity index (χ3n) is 2.37. The molecule has 0 spiro atoms. The first-order chi connectivity index (χ1) is 8.04. The van der Waals surface area contributed by atoms with Gasteiger partial charge in [0.05, 0.1) is 16.8 Å². The predicted molar refractivity (Wildman–Crippen MR) is 72.1 cm³/mol. The lowest BCUT2D eigenvalue weighted by Crippen LogP contribution is -2.07. The van der Waals surface area contributed by atoms with Gasteiger partial charge in [0.25, 0.3) is 0 Å². The molecule has 5 heteroatoms. The van der Waals surface area contributed by atoms with Gasteiger partial charge in [-0.1, -0.05) is 13.8 Å². The molecule has 0 fully saturated rings. The van der Waals surface area contributed by atoms with Crippen LogP contribution in [0, 0.1) is 5.92 Å². The molecule has 0 radical (unpaired) electrons. The molecule has 0 saturated carbocycles. The SMILES string of the molecule is CC(C)CS(=O)Cc1nc2ccc(N)cc2[nH]1. The number of imidazole rings is 1. The molecule has 0 saturated heterocycles. The average Bonchev–Trinajstić information content (AvgIpc) is 2.57. The van der Waals surface area contributed by atoms with Crippen LogP contribution in [0.3, 0.4) is 0 Å². The summed E-state index contributed by atoms with van der Waals surface area (Å²) in [4.78, 5) is 7.55. The summed E-state index contributed by atoms with van der Waals surface area (Å²) >= 11 is 0. The molecule has 1 heterocycles. The van der Waals surface area contributed by atoms with Crippen LogP contribution >= 0.6 is 0 Å². The zero-order valence-electron chi connectivity index (χ0n) is 10.1. The van der Waals surface area contributed by atoms with Crippen LogP contribution < -0.4 is 5.73 Å². The van der Waals surface area contributed by atoms with Crippen LogP contribution in [0.5, 0.6) is 0 Å². The molecule has 2 rings (SSSR count). The molecule has 0 amide bonds. The van der Waals surface area contributed by atoms with E-state index in [9.17, 15) is 4.21 Å². The summed E-state index contributed by atoms with van der Waals surface area (Å²) in [5, 5.41) is 0. The lowest BCUT2D eigenvalue weighted by atomic mass is 10.3. The monoisotopic (exact) mass is 251 g/mol. The summed E-state index contributed by atoms with van der Waals surface area (Å²) < 4.78 is 11.8. The standard InChI is InChI=1S/C12H17N3OS/c1-8(2)6-17(16)7-12-14-10-4-3-9(13)5-11(10)15-12/h3-5,8H,6-7,13H2,1-2H3,(H,14,15). The summed E-state index contributed by atoms with van der Waals surface area (Å²) in [6.45, 7) is 4.13. The van der Waals surface area contributed by atoms with E-state index in [0.717, 1.165) is 16.9 Å². The molecule has 1 atom stereocenters. The van der Waals surface area contributed by atoms with Crippen molar-refractivity contribution in [1.82, 2.24) is 9.97 Å². The highest BCUT2D eigenvalue weighted by atomic mass is 32.2. The lowest BCUT2D eigenvalue weighted by molar-refractivity contribution is 0.663. The zero-order chi connectivity index (χ0) is 12.4. The number of rotatable bonds is 4. The quantitative estimate of drug-likeness (QED) is 0.817. The molecule has 1 aromatic carbocycles. The van der Waals surface area contributed by atoms with Crippen molar-refractivity contribution in [2.24, 2.45) is 5.92 Å². The molecular formula is C12H17N3OS. The molecule has 0 aliphatic heterocycles. The molecule has 4 nitrogen and oxygen atoms in total. The Bertz CT molecular complexity index is 548. The van der Waals surface area contributed by atoms with E-state index in [1.165, 1.54) is 0 Å². The van der Waals surface area contributed by atoms with Gasteiger partial charge in [0.1, 0.15) is 5.82 Å². The molecule has 1 aromatic heterocycles. The van der Waals surface area contributed by atoms with E-state index in [0.29, 0.717) is 23.1 Å². The topological polar surface area (TPSA) is 71.8 Å². The number of hydrogen-bond acceptors (Lipinski definition) is 3. The van der Waals surface area contributed by atoms with Gasteiger partial charge in [-0.05, 0) is 24.1 Å². The van der Waals surface area contributed by atoms with Gasteiger partial charge in [0, 0.05) is 22.2 Å². The van der Waals surface area contributed by atoms with Gasteiger partial charge in [0.2, 0.25) is 0 Å². The second-order valence-electron chi connectivity index (χ2n) is 4.60. The Morgan fingerprint density at radius 1 is 1.47 bits per heavy atom. The van der Waals surface area contributed by atoms with Crippen LogP contribution in [0.4, 0.5) is 5.69 Å². The Labute approximate surface area is 103 Å². The van der Waals surface area contributed by atoms with Crippen molar-refractivity contribution < 1.29 is 4.21 Å². The van der Waals surface area contributed by atoms with Gasteiger partial charge < -0.3 is 10.7 Å². The number of nitrogens with one attached hydrogen (secondary N) is 1. The maximum absolute atomic E-state index is 11.8. The number of nitrogens with zero attached hydrogens (tertiary/aromatic N) is 1. The van der Waals surface area contributed by atoms with E-state index in [2.05, 4.69) is 23.8 Å². The van der Waals surface area contributed by atoms with Crippen molar-refractivity contribution in [3.8, 4) is 0 Å². The van der Waals surface area contributed by atoms with Gasteiger partial charge in [0.15, 0.2) is 0 Å². The molecule has 92 valence electrons. The number of fused-ring (bicyclic) bond motifs is 1. The van der Waals surface area contributed by atoms with Gasteiger partial charge >= 0.3 is 0 Å². The number of nitrogens with two attached hydrogens (primary N) is 1. The highest BCUT2D eigenvalue weighted by Crippen LogP contribution is 2.15. The average molecular weight is 251 g/mol. The number of aromatic nitrogens is 2.